The van der Waals surface area contributed by atoms with Crippen molar-refractivity contribution in [3.63, 3.8) is 0 Å². The van der Waals surface area contributed by atoms with Gasteiger partial charge in [-0.15, -0.1) is 0 Å². The molecule has 5 aromatic rings. The van der Waals surface area contributed by atoms with Crippen LogP contribution < -0.4 is 11.1 Å². The van der Waals surface area contributed by atoms with Crippen LogP contribution >= 0.6 is 0 Å². The molecule has 0 bridgehead atoms. The second kappa shape index (κ2) is 10.3. The summed E-state index contributed by atoms with van der Waals surface area (Å²) in [5.41, 5.74) is 11.1. The van der Waals surface area contributed by atoms with Crippen LogP contribution in [0.25, 0.3) is 34.1 Å². The molecule has 2 aliphatic carbocycles. The van der Waals surface area contributed by atoms with Crippen molar-refractivity contribution < 1.29 is 9.18 Å². The molecule has 43 heavy (non-hydrogen) atoms. The fourth-order valence-corrected chi connectivity index (χ4v) is 6.55. The molecule has 8 rings (SSSR count). The molecule has 2 fully saturated rings. The first kappa shape index (κ1) is 26.0. The summed E-state index contributed by atoms with van der Waals surface area (Å²) >= 11 is 0. The number of likely N-dealkylation sites (tertiary alicyclic amines) is 1. The van der Waals surface area contributed by atoms with Gasteiger partial charge in [0.15, 0.2) is 17.3 Å². The van der Waals surface area contributed by atoms with E-state index < -0.39 is 6.17 Å². The zero-order chi connectivity index (χ0) is 29.1. The number of benzene rings is 1. The van der Waals surface area contributed by atoms with Crippen molar-refractivity contribution in [2.75, 3.05) is 18.8 Å². The minimum Gasteiger partial charge on any atom is -0.383 e. The Morgan fingerprint density at radius 3 is 2.63 bits per heavy atom. The van der Waals surface area contributed by atoms with E-state index in [-0.39, 0.29) is 18.0 Å². The lowest BCUT2D eigenvalue weighted by atomic mass is 10.0. The van der Waals surface area contributed by atoms with Gasteiger partial charge in [-0.05, 0) is 79.3 Å². The molecule has 0 spiro atoms. The number of carbonyl (C=O) groups excluding carboxylic acids is 1. The van der Waals surface area contributed by atoms with Crippen LogP contribution in [0.3, 0.4) is 0 Å². The molecule has 4 aromatic heterocycles. The first-order chi connectivity index (χ1) is 21.0. The summed E-state index contributed by atoms with van der Waals surface area (Å²) in [6.07, 6.45) is 8.22. The number of nitrogens with one attached hydrogen (secondary N) is 1. The van der Waals surface area contributed by atoms with Crippen LogP contribution in [0, 0.1) is 5.92 Å². The molecule has 1 saturated heterocycles. The summed E-state index contributed by atoms with van der Waals surface area (Å²) in [4.78, 5) is 28.6. The summed E-state index contributed by atoms with van der Waals surface area (Å²) in [5, 5.41) is 7.94. The van der Waals surface area contributed by atoms with Crippen molar-refractivity contribution in [3.8, 4) is 22.9 Å². The average molecular weight is 578 g/mol. The maximum absolute atomic E-state index is 15.6. The Morgan fingerprint density at radius 2 is 1.86 bits per heavy atom. The molecular formula is C32H32FN9O. The van der Waals surface area contributed by atoms with Gasteiger partial charge in [-0.25, -0.2) is 24.0 Å². The van der Waals surface area contributed by atoms with E-state index in [2.05, 4.69) is 15.4 Å². The Balaban J connectivity index is 1.13. The van der Waals surface area contributed by atoms with Crippen LogP contribution in [0.5, 0.6) is 0 Å². The van der Waals surface area contributed by atoms with Crippen molar-refractivity contribution in [2.24, 2.45) is 5.92 Å². The van der Waals surface area contributed by atoms with E-state index in [4.69, 9.17) is 15.7 Å². The highest BCUT2D eigenvalue weighted by atomic mass is 19.1. The number of nitrogen functional groups attached to an aromatic ring is 1. The molecule has 0 radical (unpaired) electrons. The van der Waals surface area contributed by atoms with Crippen molar-refractivity contribution in [3.05, 3.63) is 78.2 Å². The first-order valence-corrected chi connectivity index (χ1v) is 15.0. The van der Waals surface area contributed by atoms with Crippen LogP contribution in [0.1, 0.15) is 42.9 Å². The van der Waals surface area contributed by atoms with Crippen LogP contribution in [-0.4, -0.2) is 65.4 Å². The average Bonchev–Trinajstić information content (AvgIpc) is 3.45. The number of fused-ring (bicyclic) bond motifs is 2. The predicted octanol–water partition coefficient (Wildman–Crippen LogP) is 4.18. The summed E-state index contributed by atoms with van der Waals surface area (Å²) in [5.74, 6) is 2.17. The number of alkyl halides is 1. The lowest BCUT2D eigenvalue weighted by Gasteiger charge is -2.34. The Kier molecular flexibility index (Phi) is 6.21. The number of nitrogens with two attached hydrogens (primary N) is 1. The zero-order valence-corrected chi connectivity index (χ0v) is 23.6. The highest BCUT2D eigenvalue weighted by Gasteiger charge is 2.38. The van der Waals surface area contributed by atoms with Crippen LogP contribution in [-0.2, 0) is 11.2 Å². The van der Waals surface area contributed by atoms with Crippen molar-refractivity contribution in [1.29, 1.82) is 0 Å². The van der Waals surface area contributed by atoms with Gasteiger partial charge >= 0.3 is 0 Å². The van der Waals surface area contributed by atoms with E-state index in [9.17, 15) is 4.79 Å². The molecule has 1 aliphatic heterocycles. The number of amides is 1. The number of anilines is 1. The van der Waals surface area contributed by atoms with E-state index in [1.165, 1.54) is 0 Å². The summed E-state index contributed by atoms with van der Waals surface area (Å²) in [6.45, 7) is 1.48. The molecule has 2 unspecified atom stereocenters. The van der Waals surface area contributed by atoms with E-state index in [1.807, 2.05) is 64.2 Å². The Labute approximate surface area is 247 Å². The lowest BCUT2D eigenvalue weighted by Crippen LogP contribution is -2.47. The molecule has 1 saturated carbocycles. The number of carbonyl (C=O) groups is 1. The second-order valence-electron chi connectivity index (χ2n) is 11.8. The summed E-state index contributed by atoms with van der Waals surface area (Å²) in [6, 6.07) is 15.2. The monoisotopic (exact) mass is 577 g/mol. The number of hydrogen-bond donors (Lipinski definition) is 2. The van der Waals surface area contributed by atoms with Crippen molar-refractivity contribution >= 4 is 22.9 Å². The fraction of sp³-hybridized carbons (Fsp3) is 0.344. The van der Waals surface area contributed by atoms with E-state index >= 15 is 4.39 Å². The largest absolute Gasteiger partial charge is 0.383 e. The molecule has 1 amide bonds. The third-order valence-corrected chi connectivity index (χ3v) is 8.95. The van der Waals surface area contributed by atoms with E-state index in [0.29, 0.717) is 46.5 Å². The first-order valence-electron chi connectivity index (χ1n) is 15.0. The smallest absolute Gasteiger partial charge is 0.225 e. The summed E-state index contributed by atoms with van der Waals surface area (Å²) < 4.78 is 19.3. The Hall–Kier alpha value is -4.64. The predicted molar refractivity (Wildman–Crippen MR) is 160 cm³/mol. The number of aromatic nitrogens is 6. The standard InChI is InChI=1S/C32H32FN9O/c33-25-18-20-17-22(6-7-23(20)28(25)37-21-10-15-40(16-11-21)32(43)19-4-5-19)42-30(24-3-1-12-35-29(24)34)38-26-8-9-27(39-31(26)42)41-14-2-13-36-41/h1-3,6-9,12-14,17,19,21,25,28,37H,4-5,10-11,15-16,18H2,(H2,34,35). The topological polar surface area (TPSA) is 120 Å². The van der Waals surface area contributed by atoms with Gasteiger partial charge in [-0.3, -0.25) is 9.36 Å². The molecular weight excluding hydrogens is 545 g/mol. The van der Waals surface area contributed by atoms with Gasteiger partial charge < -0.3 is 16.0 Å². The number of halogens is 1. The minimum atomic E-state index is -1.03. The maximum atomic E-state index is 15.6. The van der Waals surface area contributed by atoms with Gasteiger partial charge in [0.25, 0.3) is 0 Å². The Morgan fingerprint density at radius 1 is 1.00 bits per heavy atom. The zero-order valence-electron chi connectivity index (χ0n) is 23.6. The SMILES string of the molecule is Nc1ncccc1-c1nc2ccc(-n3cccn3)nc2n1-c1ccc2c(c1)CC(F)C2NC1CCN(C(=O)C2CC2)CC1. The highest BCUT2D eigenvalue weighted by Crippen LogP contribution is 2.38. The number of hydrogen-bond acceptors (Lipinski definition) is 7. The van der Waals surface area contributed by atoms with Crippen molar-refractivity contribution in [1.82, 2.24) is 39.5 Å². The van der Waals surface area contributed by atoms with Crippen molar-refractivity contribution in [2.45, 2.75) is 50.4 Å². The number of piperidine rings is 1. The minimum absolute atomic E-state index is 0.180. The molecule has 1 aromatic carbocycles. The fourth-order valence-electron chi connectivity index (χ4n) is 6.55. The second-order valence-corrected chi connectivity index (χ2v) is 11.8. The highest BCUT2D eigenvalue weighted by molar-refractivity contribution is 5.83. The number of pyridine rings is 2. The molecule has 3 N–H and O–H groups in total. The van der Waals surface area contributed by atoms with Gasteiger partial charge in [0.1, 0.15) is 17.5 Å². The van der Waals surface area contributed by atoms with Crippen LogP contribution in [0.4, 0.5) is 10.2 Å². The molecule has 3 aliphatic rings. The van der Waals surface area contributed by atoms with Crippen LogP contribution in [0.15, 0.2) is 67.1 Å². The Bertz CT molecular complexity index is 1820. The molecule has 5 heterocycles. The normalized spacial score (nSPS) is 20.5. The summed E-state index contributed by atoms with van der Waals surface area (Å²) in [7, 11) is 0. The molecule has 218 valence electrons. The lowest BCUT2D eigenvalue weighted by molar-refractivity contribution is -0.133. The maximum Gasteiger partial charge on any atom is 0.225 e. The van der Waals surface area contributed by atoms with Gasteiger partial charge in [-0.2, -0.15) is 5.10 Å². The van der Waals surface area contributed by atoms with Gasteiger partial charge in [0.05, 0.1) is 11.6 Å². The van der Waals surface area contributed by atoms with E-state index in [1.54, 1.807) is 17.1 Å². The molecule has 2 atom stereocenters. The van der Waals surface area contributed by atoms with Gasteiger partial charge in [0.2, 0.25) is 5.91 Å². The number of nitrogens with zero attached hydrogens (tertiary/aromatic N) is 7. The quantitative estimate of drug-likeness (QED) is 0.311. The van der Waals surface area contributed by atoms with Gasteiger partial charge in [0, 0.05) is 55.7 Å². The van der Waals surface area contributed by atoms with E-state index in [0.717, 1.165) is 55.6 Å². The molecule has 10 nitrogen and oxygen atoms in total. The third kappa shape index (κ3) is 4.64. The third-order valence-electron chi connectivity index (χ3n) is 8.95. The number of rotatable bonds is 6. The molecule has 11 heteroatoms. The van der Waals surface area contributed by atoms with Crippen LogP contribution in [0.2, 0.25) is 0 Å². The van der Waals surface area contributed by atoms with Gasteiger partial charge in [-0.1, -0.05) is 6.07 Å². The number of imidazole rings is 1.